The van der Waals surface area contributed by atoms with Crippen molar-refractivity contribution < 1.29 is 4.42 Å². The molecular formula is C19H29N5O. The summed E-state index contributed by atoms with van der Waals surface area (Å²) in [5.41, 5.74) is 0.0856. The van der Waals surface area contributed by atoms with Crippen molar-refractivity contribution in [3.8, 4) is 11.6 Å². The molecule has 25 heavy (non-hydrogen) atoms. The van der Waals surface area contributed by atoms with Crippen molar-refractivity contribution in [1.82, 2.24) is 24.6 Å². The lowest BCUT2D eigenvalue weighted by atomic mass is 9.84. The average molecular weight is 343 g/mol. The van der Waals surface area contributed by atoms with Crippen molar-refractivity contribution in [2.24, 2.45) is 5.92 Å². The van der Waals surface area contributed by atoms with Crippen LogP contribution in [0.15, 0.2) is 22.8 Å². The normalized spacial score (nSPS) is 21.1. The third-order valence-corrected chi connectivity index (χ3v) is 5.73. The number of fused-ring (bicyclic) bond motifs is 2. The van der Waals surface area contributed by atoms with Crippen LogP contribution in [0.1, 0.15) is 38.9 Å². The first-order valence-electron chi connectivity index (χ1n) is 9.47. The molecule has 1 fully saturated rings. The predicted octanol–water partition coefficient (Wildman–Crippen LogP) is 2.82. The van der Waals surface area contributed by atoms with E-state index in [9.17, 15) is 0 Å². The van der Waals surface area contributed by atoms with Crippen molar-refractivity contribution in [1.29, 1.82) is 0 Å². The lowest BCUT2D eigenvalue weighted by Gasteiger charge is -2.48. The first-order chi connectivity index (χ1) is 12.1. The molecule has 6 nitrogen and oxygen atoms in total. The van der Waals surface area contributed by atoms with Crippen LogP contribution in [0.3, 0.4) is 0 Å². The number of furan rings is 1. The Morgan fingerprint density at radius 1 is 1.24 bits per heavy atom. The van der Waals surface area contributed by atoms with Gasteiger partial charge in [-0.1, -0.05) is 13.8 Å². The Kier molecular flexibility index (Phi) is 4.41. The van der Waals surface area contributed by atoms with Crippen molar-refractivity contribution in [3.05, 3.63) is 24.2 Å². The zero-order valence-electron chi connectivity index (χ0n) is 15.6. The number of rotatable bonds is 4. The molecule has 0 aliphatic carbocycles. The molecule has 0 aromatic carbocycles. The van der Waals surface area contributed by atoms with Crippen LogP contribution in [0.2, 0.25) is 0 Å². The number of hydrogen-bond donors (Lipinski definition) is 0. The summed E-state index contributed by atoms with van der Waals surface area (Å²) in [6.07, 6.45) is 5.29. The zero-order valence-corrected chi connectivity index (χ0v) is 15.6. The second-order valence-electron chi connectivity index (χ2n) is 8.17. The quantitative estimate of drug-likeness (QED) is 0.854. The van der Waals surface area contributed by atoms with Crippen LogP contribution < -0.4 is 0 Å². The van der Waals surface area contributed by atoms with Gasteiger partial charge in [0.1, 0.15) is 5.82 Å². The van der Waals surface area contributed by atoms with Gasteiger partial charge in [-0.25, -0.2) is 0 Å². The molecule has 4 rings (SSSR count). The SMILES string of the molecule is CC(C)CCN1CCC2(CC1)CN(C)Cc1nnc(-c3ccco3)n12. The summed E-state index contributed by atoms with van der Waals surface area (Å²) in [7, 11) is 2.19. The average Bonchev–Trinajstić information content (AvgIpc) is 3.23. The van der Waals surface area contributed by atoms with E-state index < -0.39 is 0 Å². The Hall–Kier alpha value is -1.66. The van der Waals surface area contributed by atoms with Gasteiger partial charge in [0.2, 0.25) is 0 Å². The van der Waals surface area contributed by atoms with Crippen molar-refractivity contribution in [2.75, 3.05) is 33.2 Å². The van der Waals surface area contributed by atoms with Gasteiger partial charge in [-0.05, 0) is 50.9 Å². The van der Waals surface area contributed by atoms with E-state index in [4.69, 9.17) is 4.42 Å². The second-order valence-corrected chi connectivity index (χ2v) is 8.17. The largest absolute Gasteiger partial charge is 0.461 e. The maximum absolute atomic E-state index is 5.64. The molecule has 0 unspecified atom stereocenters. The minimum atomic E-state index is 0.0856. The van der Waals surface area contributed by atoms with Gasteiger partial charge in [0, 0.05) is 19.6 Å². The molecule has 2 aromatic rings. The summed E-state index contributed by atoms with van der Waals surface area (Å²) in [5.74, 6) is 3.55. The van der Waals surface area contributed by atoms with Gasteiger partial charge < -0.3 is 9.32 Å². The molecule has 0 N–H and O–H groups in total. The molecule has 0 saturated carbocycles. The first kappa shape index (κ1) is 16.8. The highest BCUT2D eigenvalue weighted by Gasteiger charge is 2.43. The fourth-order valence-corrected chi connectivity index (χ4v) is 4.37. The van der Waals surface area contributed by atoms with E-state index in [0.29, 0.717) is 0 Å². The smallest absolute Gasteiger partial charge is 0.200 e. The maximum atomic E-state index is 5.64. The molecule has 1 saturated heterocycles. The molecular weight excluding hydrogens is 314 g/mol. The molecule has 0 amide bonds. The van der Waals surface area contributed by atoms with Gasteiger partial charge in [0.25, 0.3) is 0 Å². The molecule has 6 heteroatoms. The Labute approximate surface area is 149 Å². The van der Waals surface area contributed by atoms with Crippen LogP contribution >= 0.6 is 0 Å². The Bertz CT molecular complexity index is 697. The number of likely N-dealkylation sites (tertiary alicyclic amines) is 1. The lowest BCUT2D eigenvalue weighted by Crippen LogP contribution is -2.55. The van der Waals surface area contributed by atoms with Gasteiger partial charge in [-0.15, -0.1) is 10.2 Å². The van der Waals surface area contributed by atoms with Gasteiger partial charge in [0.05, 0.1) is 18.3 Å². The lowest BCUT2D eigenvalue weighted by molar-refractivity contribution is 0.0500. The van der Waals surface area contributed by atoms with E-state index >= 15 is 0 Å². The Morgan fingerprint density at radius 2 is 2.04 bits per heavy atom. The third kappa shape index (κ3) is 3.13. The molecule has 2 aliphatic rings. The highest BCUT2D eigenvalue weighted by Crippen LogP contribution is 2.39. The minimum absolute atomic E-state index is 0.0856. The summed E-state index contributed by atoms with van der Waals surface area (Å²) in [5, 5.41) is 8.97. The van der Waals surface area contributed by atoms with Crippen LogP contribution in [0, 0.1) is 5.92 Å². The molecule has 4 heterocycles. The van der Waals surface area contributed by atoms with E-state index in [0.717, 1.165) is 62.3 Å². The second kappa shape index (κ2) is 6.57. The minimum Gasteiger partial charge on any atom is -0.461 e. The van der Waals surface area contributed by atoms with Gasteiger partial charge in [-0.2, -0.15) is 0 Å². The van der Waals surface area contributed by atoms with Gasteiger partial charge in [0.15, 0.2) is 11.6 Å². The summed E-state index contributed by atoms with van der Waals surface area (Å²) in [6, 6.07) is 3.91. The van der Waals surface area contributed by atoms with E-state index in [1.54, 1.807) is 6.26 Å². The fourth-order valence-electron chi connectivity index (χ4n) is 4.37. The van der Waals surface area contributed by atoms with Crippen LogP contribution in [0.25, 0.3) is 11.6 Å². The monoisotopic (exact) mass is 343 g/mol. The standard InChI is InChI=1S/C19H29N5O/c1-15(2)6-9-23-10-7-19(8-11-23)14-22(3)13-17-20-21-18(24(17)19)16-5-4-12-25-16/h4-5,12,15H,6-11,13-14H2,1-3H3. The van der Waals surface area contributed by atoms with Gasteiger partial charge in [-0.3, -0.25) is 9.47 Å². The van der Waals surface area contributed by atoms with E-state index in [-0.39, 0.29) is 5.54 Å². The van der Waals surface area contributed by atoms with E-state index in [1.165, 1.54) is 13.0 Å². The number of nitrogens with zero attached hydrogens (tertiary/aromatic N) is 5. The number of piperidine rings is 1. The molecule has 0 radical (unpaired) electrons. The van der Waals surface area contributed by atoms with Crippen LogP contribution in [0.4, 0.5) is 0 Å². The molecule has 1 spiro atoms. The highest BCUT2D eigenvalue weighted by molar-refractivity contribution is 5.48. The van der Waals surface area contributed by atoms with Crippen LogP contribution in [-0.4, -0.2) is 57.8 Å². The van der Waals surface area contributed by atoms with Crippen molar-refractivity contribution in [2.45, 2.75) is 45.2 Å². The Morgan fingerprint density at radius 3 is 2.72 bits per heavy atom. The molecule has 2 aliphatic heterocycles. The van der Waals surface area contributed by atoms with Crippen molar-refractivity contribution >= 4 is 0 Å². The molecule has 0 bridgehead atoms. The summed E-state index contributed by atoms with van der Waals surface area (Å²) < 4.78 is 8.04. The van der Waals surface area contributed by atoms with Gasteiger partial charge >= 0.3 is 0 Å². The zero-order chi connectivity index (χ0) is 17.4. The topological polar surface area (TPSA) is 50.3 Å². The first-order valence-corrected chi connectivity index (χ1v) is 9.47. The predicted molar refractivity (Wildman–Crippen MR) is 97.2 cm³/mol. The van der Waals surface area contributed by atoms with Crippen LogP contribution in [-0.2, 0) is 12.1 Å². The number of likely N-dealkylation sites (N-methyl/N-ethyl adjacent to an activating group) is 1. The van der Waals surface area contributed by atoms with E-state index in [2.05, 4.69) is 45.5 Å². The summed E-state index contributed by atoms with van der Waals surface area (Å²) in [4.78, 5) is 5.01. The Balaban J connectivity index is 1.60. The summed E-state index contributed by atoms with van der Waals surface area (Å²) in [6.45, 7) is 10.0. The molecule has 0 atom stereocenters. The third-order valence-electron chi connectivity index (χ3n) is 5.73. The van der Waals surface area contributed by atoms with E-state index in [1.807, 2.05) is 12.1 Å². The van der Waals surface area contributed by atoms with Crippen molar-refractivity contribution in [3.63, 3.8) is 0 Å². The fraction of sp³-hybridized carbons (Fsp3) is 0.684. The summed E-state index contributed by atoms with van der Waals surface area (Å²) >= 11 is 0. The maximum Gasteiger partial charge on any atom is 0.200 e. The van der Waals surface area contributed by atoms with Crippen LogP contribution in [0.5, 0.6) is 0 Å². The molecule has 136 valence electrons. The number of aromatic nitrogens is 3. The molecule has 2 aromatic heterocycles. The highest BCUT2D eigenvalue weighted by atomic mass is 16.3. The number of hydrogen-bond acceptors (Lipinski definition) is 5.